The van der Waals surface area contributed by atoms with Crippen LogP contribution in [0.25, 0.3) is 68.6 Å². The second-order valence-electron chi connectivity index (χ2n) is 9.01. The number of hydrogen-bond acceptors (Lipinski definition) is 1. The molecular formula is C36H29N. The van der Waals surface area contributed by atoms with Crippen molar-refractivity contribution < 1.29 is 0 Å². The largest absolute Gasteiger partial charge is 0.256 e. The monoisotopic (exact) mass is 475 g/mol. The molecule has 1 nitrogen and oxygen atoms in total. The predicted molar refractivity (Wildman–Crippen MR) is 163 cm³/mol. The molecule has 0 atom stereocenters. The molecular weight excluding hydrogens is 446 g/mol. The molecule has 0 aliphatic rings. The van der Waals surface area contributed by atoms with E-state index in [4.69, 9.17) is 0 Å². The van der Waals surface area contributed by atoms with Gasteiger partial charge in [-0.2, -0.15) is 0 Å². The maximum absolute atomic E-state index is 4.64. The number of pyridine rings is 1. The van der Waals surface area contributed by atoms with Crippen LogP contribution in [0.4, 0.5) is 0 Å². The Labute approximate surface area is 219 Å². The number of hydrogen-bond donors (Lipinski definition) is 0. The molecule has 1 aromatic heterocycles. The van der Waals surface area contributed by atoms with Crippen LogP contribution in [0.3, 0.4) is 0 Å². The zero-order valence-electron chi connectivity index (χ0n) is 21.2. The second-order valence-corrected chi connectivity index (χ2v) is 9.01. The Morgan fingerprint density at radius 1 is 0.568 bits per heavy atom. The lowest BCUT2D eigenvalue weighted by Gasteiger charge is -2.22. The van der Waals surface area contributed by atoms with E-state index in [2.05, 4.69) is 105 Å². The fraction of sp³-hybridized carbons (Fsp3) is 0.0278. The highest BCUT2D eigenvalue weighted by Crippen LogP contribution is 2.45. The van der Waals surface area contributed by atoms with Gasteiger partial charge in [0.1, 0.15) is 0 Å². The molecule has 0 saturated carbocycles. The molecule has 0 bridgehead atoms. The van der Waals surface area contributed by atoms with Crippen LogP contribution in [-0.2, 0) is 0 Å². The van der Waals surface area contributed by atoms with Crippen molar-refractivity contribution in [3.05, 3.63) is 139 Å². The molecule has 1 heterocycles. The van der Waals surface area contributed by atoms with Crippen LogP contribution >= 0.6 is 0 Å². The topological polar surface area (TPSA) is 12.9 Å². The van der Waals surface area contributed by atoms with E-state index in [1.165, 1.54) is 5.39 Å². The molecule has 1 heteroatoms. The van der Waals surface area contributed by atoms with Crippen LogP contribution in [0.1, 0.15) is 27.8 Å². The maximum Gasteiger partial charge on any atom is 0.0710 e. The smallest absolute Gasteiger partial charge is 0.0710 e. The van der Waals surface area contributed by atoms with Gasteiger partial charge in [0, 0.05) is 11.8 Å². The third kappa shape index (κ3) is 4.05. The van der Waals surface area contributed by atoms with Crippen molar-refractivity contribution in [1.82, 2.24) is 4.98 Å². The molecule has 5 rings (SSSR count). The summed E-state index contributed by atoms with van der Waals surface area (Å²) < 4.78 is 0. The van der Waals surface area contributed by atoms with E-state index in [1.54, 1.807) is 0 Å². The Bertz CT molecular complexity index is 1690. The van der Waals surface area contributed by atoms with E-state index in [1.807, 2.05) is 42.6 Å². The summed E-state index contributed by atoms with van der Waals surface area (Å²) in [5.74, 6) is 0. The number of aromatic nitrogens is 1. The minimum atomic E-state index is 0.921. The Morgan fingerprint density at radius 3 is 1.73 bits per heavy atom. The summed E-state index contributed by atoms with van der Waals surface area (Å²) in [6, 6.07) is 27.5. The van der Waals surface area contributed by atoms with Crippen molar-refractivity contribution in [2.24, 2.45) is 0 Å². The summed E-state index contributed by atoms with van der Waals surface area (Å²) in [6.07, 6.45) is 9.57. The maximum atomic E-state index is 4.64. The fourth-order valence-corrected chi connectivity index (χ4v) is 5.31. The van der Waals surface area contributed by atoms with Gasteiger partial charge in [-0.1, -0.05) is 117 Å². The summed E-state index contributed by atoms with van der Waals surface area (Å²) in [7, 11) is 0. The zero-order valence-corrected chi connectivity index (χ0v) is 21.2. The molecule has 0 amide bonds. The lowest BCUT2D eigenvalue weighted by molar-refractivity contribution is 1.28. The molecule has 4 aromatic carbocycles. The predicted octanol–water partition coefficient (Wildman–Crippen LogP) is 10.1. The first kappa shape index (κ1) is 24.0. The van der Waals surface area contributed by atoms with Gasteiger partial charge < -0.3 is 0 Å². The standard InChI is InChI=1S/C36H29N/c1-6-26-27(7-2)33(20-19-30(26)34-23-24(5)21-22-37-34)36-29(9-4)28(8-3)35(25-15-11-10-12-16-25)31-17-13-14-18-32(31)36/h6-23H,1-4H2,5H3. The molecule has 5 aromatic rings. The molecule has 178 valence electrons. The molecule has 0 fully saturated rings. The number of fused-ring (bicyclic) bond motifs is 1. The van der Waals surface area contributed by atoms with Gasteiger partial charge in [0.2, 0.25) is 0 Å². The van der Waals surface area contributed by atoms with E-state index >= 15 is 0 Å². The van der Waals surface area contributed by atoms with Crippen LogP contribution in [-0.4, -0.2) is 4.98 Å². The highest BCUT2D eigenvalue weighted by molar-refractivity contribution is 6.12. The van der Waals surface area contributed by atoms with Crippen molar-refractivity contribution in [3.63, 3.8) is 0 Å². The molecule has 0 saturated heterocycles. The molecule has 0 N–H and O–H groups in total. The summed E-state index contributed by atoms with van der Waals surface area (Å²) in [5, 5.41) is 2.32. The van der Waals surface area contributed by atoms with Crippen molar-refractivity contribution >= 4 is 35.1 Å². The van der Waals surface area contributed by atoms with E-state index in [9.17, 15) is 0 Å². The lowest BCUT2D eigenvalue weighted by atomic mass is 9.81. The van der Waals surface area contributed by atoms with Gasteiger partial charge in [-0.3, -0.25) is 4.98 Å². The van der Waals surface area contributed by atoms with Crippen molar-refractivity contribution in [2.75, 3.05) is 0 Å². The third-order valence-corrected chi connectivity index (χ3v) is 6.92. The molecule has 0 aliphatic carbocycles. The summed E-state index contributed by atoms with van der Waals surface area (Å²) in [4.78, 5) is 4.64. The molecule has 0 spiro atoms. The van der Waals surface area contributed by atoms with E-state index < -0.39 is 0 Å². The average Bonchev–Trinajstić information content (AvgIpc) is 2.95. The number of rotatable bonds is 7. The number of nitrogens with zero attached hydrogens (tertiary/aromatic N) is 1. The first-order valence-corrected chi connectivity index (χ1v) is 12.4. The lowest BCUT2D eigenvalue weighted by Crippen LogP contribution is -1.99. The third-order valence-electron chi connectivity index (χ3n) is 6.92. The molecule has 0 unspecified atom stereocenters. The minimum absolute atomic E-state index is 0.921. The van der Waals surface area contributed by atoms with Crippen molar-refractivity contribution in [1.29, 1.82) is 0 Å². The van der Waals surface area contributed by atoms with E-state index in [0.717, 1.165) is 66.7 Å². The summed E-state index contributed by atoms with van der Waals surface area (Å²) >= 11 is 0. The van der Waals surface area contributed by atoms with Crippen molar-refractivity contribution in [3.8, 4) is 33.5 Å². The van der Waals surface area contributed by atoms with Gasteiger partial charge in [0.05, 0.1) is 5.69 Å². The van der Waals surface area contributed by atoms with Gasteiger partial charge in [0.15, 0.2) is 0 Å². The molecule has 0 radical (unpaired) electrons. The Balaban J connectivity index is 1.91. The quantitative estimate of drug-likeness (QED) is 0.228. The van der Waals surface area contributed by atoms with E-state index in [0.29, 0.717) is 0 Å². The van der Waals surface area contributed by atoms with Crippen LogP contribution < -0.4 is 0 Å². The SMILES string of the molecule is C=Cc1c(-c2cc(C)ccn2)ccc(-c2c(C=C)c(C=C)c(-c3ccccc3)c3ccccc23)c1C=C. The Hall–Kier alpha value is -4.75. The van der Waals surface area contributed by atoms with Gasteiger partial charge in [0.25, 0.3) is 0 Å². The summed E-state index contributed by atoms with van der Waals surface area (Å²) in [6.45, 7) is 18.9. The normalized spacial score (nSPS) is 10.7. The second kappa shape index (κ2) is 10.1. The van der Waals surface area contributed by atoms with Crippen LogP contribution in [0, 0.1) is 6.92 Å². The Kier molecular flexibility index (Phi) is 6.53. The van der Waals surface area contributed by atoms with Crippen LogP contribution in [0.2, 0.25) is 0 Å². The minimum Gasteiger partial charge on any atom is -0.256 e. The molecule has 0 aliphatic heterocycles. The van der Waals surface area contributed by atoms with Gasteiger partial charge >= 0.3 is 0 Å². The van der Waals surface area contributed by atoms with Crippen molar-refractivity contribution in [2.45, 2.75) is 6.92 Å². The van der Waals surface area contributed by atoms with E-state index in [-0.39, 0.29) is 0 Å². The fourth-order valence-electron chi connectivity index (χ4n) is 5.31. The van der Waals surface area contributed by atoms with Crippen LogP contribution in [0.5, 0.6) is 0 Å². The van der Waals surface area contributed by atoms with Crippen LogP contribution in [0.15, 0.2) is 111 Å². The Morgan fingerprint density at radius 2 is 1.11 bits per heavy atom. The first-order chi connectivity index (χ1) is 18.1. The van der Waals surface area contributed by atoms with Gasteiger partial charge in [-0.25, -0.2) is 0 Å². The average molecular weight is 476 g/mol. The first-order valence-electron chi connectivity index (χ1n) is 12.4. The van der Waals surface area contributed by atoms with Gasteiger partial charge in [-0.05, 0) is 79.9 Å². The number of benzene rings is 4. The summed E-state index contributed by atoms with van der Waals surface area (Å²) in [5.41, 5.74) is 11.8. The van der Waals surface area contributed by atoms with Gasteiger partial charge in [-0.15, -0.1) is 0 Å². The number of aryl methyl sites for hydroxylation is 1. The highest BCUT2D eigenvalue weighted by atomic mass is 14.7. The zero-order chi connectivity index (χ0) is 25.9. The highest BCUT2D eigenvalue weighted by Gasteiger charge is 2.21. The molecule has 37 heavy (non-hydrogen) atoms.